The monoisotopic (exact) mass is 467 g/mol. The van der Waals surface area contributed by atoms with E-state index in [4.69, 9.17) is 16.2 Å². The smallest absolute Gasteiger partial charge is 0.244 e. The second-order valence-electron chi connectivity index (χ2n) is 8.68. The van der Waals surface area contributed by atoms with Crippen LogP contribution in [-0.2, 0) is 22.6 Å². The lowest BCUT2D eigenvalue weighted by Gasteiger charge is -2.25. The van der Waals surface area contributed by atoms with Crippen molar-refractivity contribution in [2.45, 2.75) is 25.8 Å². The fraction of sp³-hybridized carbons (Fsp3) is 0.185. The Labute approximate surface area is 202 Å². The van der Waals surface area contributed by atoms with E-state index in [-0.39, 0.29) is 23.7 Å². The van der Waals surface area contributed by atoms with Crippen LogP contribution < -0.4 is 16.2 Å². The molecule has 0 saturated carbocycles. The average molecular weight is 468 g/mol. The van der Waals surface area contributed by atoms with Crippen LogP contribution in [0.5, 0.6) is 11.5 Å². The molecule has 2 aromatic heterocycles. The van der Waals surface area contributed by atoms with E-state index in [1.54, 1.807) is 0 Å². The van der Waals surface area contributed by atoms with E-state index in [9.17, 15) is 9.59 Å². The number of benzene rings is 2. The van der Waals surface area contributed by atoms with E-state index < -0.39 is 5.91 Å². The van der Waals surface area contributed by atoms with Crippen molar-refractivity contribution in [3.8, 4) is 22.6 Å². The van der Waals surface area contributed by atoms with Gasteiger partial charge >= 0.3 is 0 Å². The first kappa shape index (κ1) is 22.3. The van der Waals surface area contributed by atoms with Crippen LogP contribution in [0, 0.1) is 5.92 Å². The van der Waals surface area contributed by atoms with Gasteiger partial charge in [0, 0.05) is 35.7 Å². The van der Waals surface area contributed by atoms with Gasteiger partial charge in [0.1, 0.15) is 35.1 Å². The van der Waals surface area contributed by atoms with Crippen LogP contribution in [0.15, 0.2) is 73.1 Å². The zero-order valence-corrected chi connectivity index (χ0v) is 19.1. The Balaban J connectivity index is 1.50. The van der Waals surface area contributed by atoms with Gasteiger partial charge < -0.3 is 20.8 Å². The highest BCUT2D eigenvalue weighted by molar-refractivity contribution is 6.03. The number of hydrogen-bond donors (Lipinski definition) is 2. The maximum atomic E-state index is 12.8. The van der Waals surface area contributed by atoms with Crippen molar-refractivity contribution in [2.75, 3.05) is 5.73 Å². The number of ether oxygens (including phenoxy) is 1. The van der Waals surface area contributed by atoms with Crippen molar-refractivity contribution in [1.82, 2.24) is 14.5 Å². The number of carbonyl (C=O) groups excluding carboxylic acids is 2. The molecule has 8 heteroatoms. The van der Waals surface area contributed by atoms with Crippen LogP contribution in [0.2, 0.25) is 0 Å². The lowest BCUT2D eigenvalue weighted by Crippen LogP contribution is -2.28. The molecule has 5 rings (SSSR count). The number of para-hydroxylation sites is 1. The van der Waals surface area contributed by atoms with Crippen LogP contribution in [0.25, 0.3) is 22.2 Å². The predicted molar refractivity (Wildman–Crippen MR) is 134 cm³/mol. The van der Waals surface area contributed by atoms with E-state index in [2.05, 4.69) is 21.1 Å². The molecule has 1 atom stereocenters. The minimum absolute atomic E-state index is 0.0403. The Kier molecular flexibility index (Phi) is 5.78. The number of hydrogen-bond acceptors (Lipinski definition) is 6. The third kappa shape index (κ3) is 4.26. The number of aromatic nitrogens is 3. The van der Waals surface area contributed by atoms with Crippen LogP contribution in [0.4, 0.5) is 5.82 Å². The number of anilines is 1. The number of Topliss-reactive ketones (excluding diaryl/α,β-unsaturated/α-hetero) is 1. The van der Waals surface area contributed by atoms with Gasteiger partial charge in [0.05, 0.1) is 5.39 Å². The summed E-state index contributed by atoms with van der Waals surface area (Å²) < 4.78 is 7.98. The molecule has 0 saturated heterocycles. The van der Waals surface area contributed by atoms with Crippen LogP contribution in [-0.4, -0.2) is 26.2 Å². The van der Waals surface area contributed by atoms with Crippen LogP contribution in [0.1, 0.15) is 18.5 Å². The first-order valence-electron chi connectivity index (χ1n) is 11.4. The fourth-order valence-corrected chi connectivity index (χ4v) is 4.65. The van der Waals surface area contributed by atoms with Gasteiger partial charge in [-0.05, 0) is 42.7 Å². The number of carbonyl (C=O) groups is 2. The summed E-state index contributed by atoms with van der Waals surface area (Å²) in [5, 5.41) is 0.772. The SMILES string of the molecule is C=C(CC(=O)C1CCc2c(-c3ccc(Oc4ccccc4)cc3)c3c(N)ncnc3n2C1)C(N)=O. The molecule has 3 heterocycles. The molecule has 1 aliphatic heterocycles. The molecule has 35 heavy (non-hydrogen) atoms. The van der Waals surface area contributed by atoms with Crippen molar-refractivity contribution in [3.05, 3.63) is 78.8 Å². The topological polar surface area (TPSA) is 126 Å². The van der Waals surface area contributed by atoms with Crippen molar-refractivity contribution in [3.63, 3.8) is 0 Å². The highest BCUT2D eigenvalue weighted by atomic mass is 16.5. The maximum absolute atomic E-state index is 12.8. The Morgan fingerprint density at radius 2 is 1.77 bits per heavy atom. The third-order valence-electron chi connectivity index (χ3n) is 6.42. The normalized spacial score (nSPS) is 14.9. The largest absolute Gasteiger partial charge is 0.457 e. The molecule has 8 nitrogen and oxygen atoms in total. The van der Waals surface area contributed by atoms with E-state index in [0.29, 0.717) is 30.9 Å². The molecule has 1 amide bonds. The number of nitrogen functional groups attached to an aromatic ring is 1. The summed E-state index contributed by atoms with van der Waals surface area (Å²) in [6.07, 6.45) is 2.71. The van der Waals surface area contributed by atoms with Gasteiger partial charge in [0.2, 0.25) is 5.91 Å². The summed E-state index contributed by atoms with van der Waals surface area (Å²) >= 11 is 0. The molecule has 176 valence electrons. The Morgan fingerprint density at radius 1 is 1.06 bits per heavy atom. The van der Waals surface area contributed by atoms with Crippen LogP contribution in [0.3, 0.4) is 0 Å². The molecule has 0 fully saturated rings. The molecule has 4 aromatic rings. The van der Waals surface area contributed by atoms with E-state index in [1.807, 2.05) is 54.6 Å². The number of fused-ring (bicyclic) bond motifs is 3. The first-order chi connectivity index (χ1) is 16.9. The van der Waals surface area contributed by atoms with Crippen molar-refractivity contribution < 1.29 is 14.3 Å². The van der Waals surface area contributed by atoms with Gasteiger partial charge in [-0.1, -0.05) is 36.9 Å². The molecular formula is C27H25N5O3. The fourth-order valence-electron chi connectivity index (χ4n) is 4.65. The summed E-state index contributed by atoms with van der Waals surface area (Å²) in [5.74, 6) is 0.915. The first-order valence-corrected chi connectivity index (χ1v) is 11.4. The summed E-state index contributed by atoms with van der Waals surface area (Å²) in [7, 11) is 0. The van der Waals surface area contributed by atoms with E-state index >= 15 is 0 Å². The standard InChI is InChI=1S/C27H25N5O3/c1-16(26(29)34)13-22(33)18-9-12-21-23(24-25(28)30-15-31-27(24)32(21)14-18)17-7-10-20(11-8-17)35-19-5-3-2-4-6-19/h2-8,10-11,15,18H,1,9,12-14H2,(H2,29,34)(H2,28,30,31). The summed E-state index contributed by atoms with van der Waals surface area (Å²) in [6, 6.07) is 17.4. The highest BCUT2D eigenvalue weighted by Crippen LogP contribution is 2.41. The maximum Gasteiger partial charge on any atom is 0.244 e. The Morgan fingerprint density at radius 3 is 2.49 bits per heavy atom. The number of nitrogens with zero attached hydrogens (tertiary/aromatic N) is 3. The van der Waals surface area contributed by atoms with Gasteiger partial charge in [0.15, 0.2) is 0 Å². The predicted octanol–water partition coefficient (Wildman–Crippen LogP) is 4.04. The zero-order valence-electron chi connectivity index (χ0n) is 19.1. The summed E-state index contributed by atoms with van der Waals surface area (Å²) in [4.78, 5) is 32.9. The van der Waals surface area contributed by atoms with Gasteiger partial charge in [-0.15, -0.1) is 0 Å². The van der Waals surface area contributed by atoms with Gasteiger partial charge in [-0.2, -0.15) is 0 Å². The second kappa shape index (κ2) is 9.06. The van der Waals surface area contributed by atoms with Crippen molar-refractivity contribution in [2.24, 2.45) is 11.7 Å². The lowest BCUT2D eigenvalue weighted by atomic mass is 9.89. The molecule has 2 aromatic carbocycles. The average Bonchev–Trinajstić information content (AvgIpc) is 3.20. The molecule has 0 bridgehead atoms. The number of rotatable bonds is 7. The highest BCUT2D eigenvalue weighted by Gasteiger charge is 2.31. The number of amides is 1. The van der Waals surface area contributed by atoms with E-state index in [0.717, 1.165) is 33.7 Å². The van der Waals surface area contributed by atoms with Crippen molar-refractivity contribution in [1.29, 1.82) is 0 Å². The van der Waals surface area contributed by atoms with Gasteiger partial charge in [-0.25, -0.2) is 9.97 Å². The lowest BCUT2D eigenvalue weighted by molar-refractivity contribution is -0.124. The molecule has 4 N–H and O–H groups in total. The zero-order chi connectivity index (χ0) is 24.5. The Hall–Kier alpha value is -4.46. The second-order valence-corrected chi connectivity index (χ2v) is 8.68. The molecule has 0 aliphatic carbocycles. The van der Waals surface area contributed by atoms with Gasteiger partial charge in [0.25, 0.3) is 0 Å². The molecule has 1 aliphatic rings. The molecule has 1 unspecified atom stereocenters. The minimum Gasteiger partial charge on any atom is -0.457 e. The number of nitrogens with two attached hydrogens (primary N) is 2. The number of ketones is 1. The Bertz CT molecular complexity index is 1440. The third-order valence-corrected chi connectivity index (χ3v) is 6.42. The van der Waals surface area contributed by atoms with Crippen molar-refractivity contribution >= 4 is 28.5 Å². The molecular weight excluding hydrogens is 442 g/mol. The van der Waals surface area contributed by atoms with Crippen LogP contribution >= 0.6 is 0 Å². The van der Waals surface area contributed by atoms with E-state index in [1.165, 1.54) is 6.33 Å². The summed E-state index contributed by atoms with van der Waals surface area (Å²) in [6.45, 7) is 4.07. The molecule has 0 radical (unpaired) electrons. The van der Waals surface area contributed by atoms with Gasteiger partial charge in [-0.3, -0.25) is 9.59 Å². The minimum atomic E-state index is -0.649. The quantitative estimate of drug-likeness (QED) is 0.395. The number of primary amides is 1. The summed E-state index contributed by atoms with van der Waals surface area (Å²) in [5.41, 5.74) is 15.4. The molecule has 0 spiro atoms.